The molecule has 1 aromatic carbocycles. The van der Waals surface area contributed by atoms with Crippen LogP contribution in [0.2, 0.25) is 5.02 Å². The second kappa shape index (κ2) is 7.53. The van der Waals surface area contributed by atoms with Crippen LogP contribution in [0.4, 0.5) is 0 Å². The molecule has 132 valence electrons. The van der Waals surface area contributed by atoms with Gasteiger partial charge in [0.05, 0.1) is 23.9 Å². The van der Waals surface area contributed by atoms with E-state index < -0.39 is 5.97 Å². The number of rotatable bonds is 6. The summed E-state index contributed by atoms with van der Waals surface area (Å²) < 4.78 is 10.2. The quantitative estimate of drug-likeness (QED) is 0.626. The van der Waals surface area contributed by atoms with E-state index in [1.54, 1.807) is 26.0 Å². The first kappa shape index (κ1) is 18.7. The first-order chi connectivity index (χ1) is 11.8. The van der Waals surface area contributed by atoms with Gasteiger partial charge < -0.3 is 14.5 Å². The fraction of sp³-hybridized carbons (Fsp3) is 0.278. The topological polar surface area (TPSA) is 85.5 Å². The highest BCUT2D eigenvalue weighted by Gasteiger charge is 2.23. The summed E-state index contributed by atoms with van der Waals surface area (Å²) in [5.74, 6) is -0.799. The van der Waals surface area contributed by atoms with Gasteiger partial charge in [0.15, 0.2) is 12.4 Å². The van der Waals surface area contributed by atoms with Gasteiger partial charge in [-0.1, -0.05) is 11.6 Å². The molecule has 0 saturated heterocycles. The lowest BCUT2D eigenvalue weighted by Crippen LogP contribution is -2.15. The van der Waals surface area contributed by atoms with E-state index in [2.05, 4.69) is 4.98 Å². The maximum Gasteiger partial charge on any atom is 0.339 e. The molecule has 0 aliphatic rings. The summed E-state index contributed by atoms with van der Waals surface area (Å²) in [6.45, 7) is 4.45. The number of Topliss-reactive ketones (excluding diaryl/α,β-unsaturated/α-hetero) is 2. The molecule has 2 aromatic rings. The van der Waals surface area contributed by atoms with Crippen LogP contribution in [0.1, 0.15) is 49.4 Å². The molecule has 1 aromatic heterocycles. The number of hydrogen-bond acceptors (Lipinski definition) is 5. The first-order valence-electron chi connectivity index (χ1n) is 7.50. The van der Waals surface area contributed by atoms with E-state index >= 15 is 0 Å². The molecular weight excluding hydrogens is 346 g/mol. The van der Waals surface area contributed by atoms with Crippen molar-refractivity contribution in [1.29, 1.82) is 0 Å². The number of ether oxygens (including phenoxy) is 2. The van der Waals surface area contributed by atoms with Crippen LogP contribution in [0.3, 0.4) is 0 Å². The minimum atomic E-state index is -0.511. The average Bonchev–Trinajstić information content (AvgIpc) is 2.87. The van der Waals surface area contributed by atoms with Crippen LogP contribution in [0.15, 0.2) is 18.2 Å². The van der Waals surface area contributed by atoms with Crippen LogP contribution >= 0.6 is 11.6 Å². The first-order valence-corrected chi connectivity index (χ1v) is 7.88. The van der Waals surface area contributed by atoms with Gasteiger partial charge in [0, 0.05) is 10.7 Å². The summed E-state index contributed by atoms with van der Waals surface area (Å²) in [7, 11) is 1.28. The van der Waals surface area contributed by atoms with Crippen LogP contribution in [0.5, 0.6) is 5.75 Å². The molecule has 0 atom stereocenters. The highest BCUT2D eigenvalue weighted by atomic mass is 35.5. The van der Waals surface area contributed by atoms with Crippen molar-refractivity contribution in [2.75, 3.05) is 13.7 Å². The molecule has 0 amide bonds. The third kappa shape index (κ3) is 3.91. The molecule has 1 heterocycles. The molecule has 0 fully saturated rings. The van der Waals surface area contributed by atoms with Gasteiger partial charge in [-0.2, -0.15) is 0 Å². The number of benzene rings is 1. The molecule has 1 N–H and O–H groups in total. The van der Waals surface area contributed by atoms with Crippen molar-refractivity contribution in [3.8, 4) is 5.75 Å². The Labute approximate surface area is 150 Å². The molecule has 6 nitrogen and oxygen atoms in total. The van der Waals surface area contributed by atoms with E-state index in [9.17, 15) is 14.4 Å². The zero-order chi connectivity index (χ0) is 18.7. The fourth-order valence-corrected chi connectivity index (χ4v) is 2.73. The van der Waals surface area contributed by atoms with Gasteiger partial charge in [-0.25, -0.2) is 4.79 Å². The van der Waals surface area contributed by atoms with E-state index in [1.165, 1.54) is 20.1 Å². The maximum absolute atomic E-state index is 12.4. The number of hydrogen-bond donors (Lipinski definition) is 1. The summed E-state index contributed by atoms with van der Waals surface area (Å²) in [5, 5.41) is 0.405. The Kier molecular flexibility index (Phi) is 5.64. The molecule has 0 aliphatic heterocycles. The van der Waals surface area contributed by atoms with Gasteiger partial charge in [-0.05, 0) is 44.5 Å². The number of carbonyl (C=O) groups excluding carboxylic acids is 3. The van der Waals surface area contributed by atoms with E-state index in [1.807, 2.05) is 0 Å². The van der Waals surface area contributed by atoms with Gasteiger partial charge in [-0.3, -0.25) is 9.59 Å². The third-order valence-electron chi connectivity index (χ3n) is 3.79. The minimum absolute atomic E-state index is 0.218. The van der Waals surface area contributed by atoms with Crippen LogP contribution < -0.4 is 4.74 Å². The predicted molar refractivity (Wildman–Crippen MR) is 92.9 cm³/mol. The lowest BCUT2D eigenvalue weighted by Gasteiger charge is -2.09. The molecule has 7 heteroatoms. The minimum Gasteiger partial charge on any atom is -0.485 e. The Morgan fingerprint density at radius 3 is 2.48 bits per heavy atom. The average molecular weight is 364 g/mol. The van der Waals surface area contributed by atoms with E-state index in [-0.39, 0.29) is 29.6 Å². The van der Waals surface area contributed by atoms with E-state index in [0.29, 0.717) is 27.4 Å². The predicted octanol–water partition coefficient (Wildman–Crippen LogP) is 3.54. The number of methoxy groups -OCH3 is 1. The number of ketones is 2. The molecule has 0 spiro atoms. The van der Waals surface area contributed by atoms with Gasteiger partial charge in [-0.15, -0.1) is 0 Å². The van der Waals surface area contributed by atoms with Gasteiger partial charge in [0.1, 0.15) is 5.75 Å². The van der Waals surface area contributed by atoms with Crippen molar-refractivity contribution in [2.24, 2.45) is 0 Å². The second-order valence-corrected chi connectivity index (χ2v) is 5.96. The molecule has 0 radical (unpaired) electrons. The normalized spacial score (nSPS) is 10.4. The zero-order valence-electron chi connectivity index (χ0n) is 14.4. The van der Waals surface area contributed by atoms with Crippen molar-refractivity contribution in [3.05, 3.63) is 51.3 Å². The van der Waals surface area contributed by atoms with Gasteiger partial charge in [0.25, 0.3) is 0 Å². The zero-order valence-corrected chi connectivity index (χ0v) is 15.1. The van der Waals surface area contributed by atoms with E-state index in [4.69, 9.17) is 21.1 Å². The summed E-state index contributed by atoms with van der Waals surface area (Å²) in [5.41, 5.74) is 1.96. The Balaban J connectivity index is 2.22. The number of nitrogens with one attached hydrogen (secondary N) is 1. The highest BCUT2D eigenvalue weighted by molar-refractivity contribution is 6.31. The SMILES string of the molecule is COC(=O)c1c(C)[nH]c(C(=O)COc2ccc(Cl)cc2C(C)=O)c1C. The summed E-state index contributed by atoms with van der Waals surface area (Å²) >= 11 is 5.88. The summed E-state index contributed by atoms with van der Waals surface area (Å²) in [6.07, 6.45) is 0. The largest absolute Gasteiger partial charge is 0.485 e. The number of aromatic nitrogens is 1. The number of carbonyl (C=O) groups is 3. The Hall–Kier alpha value is -2.60. The van der Waals surface area contributed by atoms with Crippen LogP contribution in [-0.2, 0) is 4.74 Å². The van der Waals surface area contributed by atoms with Crippen molar-refractivity contribution in [3.63, 3.8) is 0 Å². The molecule has 2 rings (SSSR count). The highest BCUT2D eigenvalue weighted by Crippen LogP contribution is 2.24. The standard InChI is InChI=1S/C18H18ClNO5/c1-9-16(18(23)24-4)10(2)20-17(9)14(22)8-25-15-6-5-12(19)7-13(15)11(3)21/h5-7,20H,8H2,1-4H3. The number of aryl methyl sites for hydroxylation is 1. The van der Waals surface area contributed by atoms with Crippen LogP contribution in [0.25, 0.3) is 0 Å². The lowest BCUT2D eigenvalue weighted by atomic mass is 10.1. The molecule has 0 saturated carbocycles. The number of esters is 1. The van der Waals surface area contributed by atoms with Gasteiger partial charge in [0.2, 0.25) is 5.78 Å². The van der Waals surface area contributed by atoms with Crippen LogP contribution in [0, 0.1) is 13.8 Å². The van der Waals surface area contributed by atoms with Gasteiger partial charge >= 0.3 is 5.97 Å². The fourth-order valence-electron chi connectivity index (χ4n) is 2.56. The number of halogens is 1. The maximum atomic E-state index is 12.4. The third-order valence-corrected chi connectivity index (χ3v) is 4.02. The second-order valence-electron chi connectivity index (χ2n) is 5.53. The smallest absolute Gasteiger partial charge is 0.339 e. The van der Waals surface area contributed by atoms with Crippen molar-refractivity contribution in [2.45, 2.75) is 20.8 Å². The molecule has 0 aliphatic carbocycles. The molecule has 0 bridgehead atoms. The molecule has 25 heavy (non-hydrogen) atoms. The summed E-state index contributed by atoms with van der Waals surface area (Å²) in [4.78, 5) is 38.8. The lowest BCUT2D eigenvalue weighted by molar-refractivity contribution is 0.0599. The Bertz CT molecular complexity index is 853. The van der Waals surface area contributed by atoms with Crippen LogP contribution in [-0.4, -0.2) is 36.2 Å². The number of aromatic amines is 1. The Morgan fingerprint density at radius 2 is 1.88 bits per heavy atom. The van der Waals surface area contributed by atoms with E-state index in [0.717, 1.165) is 0 Å². The Morgan fingerprint density at radius 1 is 1.20 bits per heavy atom. The molecular formula is C18H18ClNO5. The summed E-state index contributed by atoms with van der Waals surface area (Å²) in [6, 6.07) is 4.61. The van der Waals surface area contributed by atoms with Crippen molar-refractivity contribution >= 4 is 29.1 Å². The van der Waals surface area contributed by atoms with Crippen molar-refractivity contribution < 1.29 is 23.9 Å². The van der Waals surface area contributed by atoms with Crippen molar-refractivity contribution in [1.82, 2.24) is 4.98 Å². The number of H-pyrrole nitrogens is 1. The molecule has 0 unspecified atom stereocenters. The monoisotopic (exact) mass is 363 g/mol.